The molecule has 2 aromatic heterocycles. The number of rotatable bonds is 14. The zero-order valence-electron chi connectivity index (χ0n) is 15.7. The second-order valence-corrected chi connectivity index (χ2v) is 6.83. The Morgan fingerprint density at radius 3 is 1.92 bits per heavy atom. The Labute approximate surface area is 152 Å². The number of aromatic nitrogens is 5. The van der Waals surface area contributed by atoms with E-state index in [1.165, 1.54) is 70.6 Å². The van der Waals surface area contributed by atoms with Gasteiger partial charge >= 0.3 is 0 Å². The van der Waals surface area contributed by atoms with E-state index in [1.807, 2.05) is 12.1 Å². The summed E-state index contributed by atoms with van der Waals surface area (Å²) in [6.45, 7) is 3.13. The molecular weight excluding hydrogens is 310 g/mol. The summed E-state index contributed by atoms with van der Waals surface area (Å²) in [5.41, 5.74) is 0.968. The van der Waals surface area contributed by atoms with Crippen molar-refractivity contribution in [1.29, 1.82) is 0 Å². The molecular formula is C20H33N5. The molecule has 0 aliphatic rings. The van der Waals surface area contributed by atoms with Gasteiger partial charge in [0.25, 0.3) is 0 Å². The van der Waals surface area contributed by atoms with Crippen LogP contribution in [0.15, 0.2) is 24.5 Å². The molecule has 5 nitrogen and oxygen atoms in total. The van der Waals surface area contributed by atoms with Crippen LogP contribution in [0.1, 0.15) is 84.0 Å². The van der Waals surface area contributed by atoms with Crippen LogP contribution < -0.4 is 0 Å². The average molecular weight is 344 g/mol. The van der Waals surface area contributed by atoms with Crippen LogP contribution in [0, 0.1) is 0 Å². The highest BCUT2D eigenvalue weighted by atomic mass is 15.6. The molecule has 0 aromatic carbocycles. The van der Waals surface area contributed by atoms with E-state index in [1.54, 1.807) is 17.2 Å². The summed E-state index contributed by atoms with van der Waals surface area (Å²) in [4.78, 5) is 5.72. The lowest BCUT2D eigenvalue weighted by Crippen LogP contribution is -2.02. The fourth-order valence-electron chi connectivity index (χ4n) is 3.05. The molecule has 0 unspecified atom stereocenters. The Kier molecular flexibility index (Phi) is 9.82. The number of tetrazole rings is 1. The molecule has 138 valence electrons. The van der Waals surface area contributed by atoms with Gasteiger partial charge in [-0.05, 0) is 23.8 Å². The van der Waals surface area contributed by atoms with Gasteiger partial charge in [0.1, 0.15) is 0 Å². The number of unbranched alkanes of at least 4 members (excludes halogenated alkanes) is 11. The molecule has 2 heterocycles. The van der Waals surface area contributed by atoms with Gasteiger partial charge in [0, 0.05) is 18.0 Å². The second kappa shape index (κ2) is 12.6. The van der Waals surface area contributed by atoms with Crippen molar-refractivity contribution in [2.75, 3.05) is 0 Å². The van der Waals surface area contributed by atoms with Crippen LogP contribution in [0.25, 0.3) is 11.4 Å². The van der Waals surface area contributed by atoms with Crippen LogP contribution in [0.2, 0.25) is 0 Å². The molecule has 25 heavy (non-hydrogen) atoms. The fourth-order valence-corrected chi connectivity index (χ4v) is 3.05. The fraction of sp³-hybridized carbons (Fsp3) is 0.700. The van der Waals surface area contributed by atoms with Crippen molar-refractivity contribution >= 4 is 0 Å². The lowest BCUT2D eigenvalue weighted by atomic mass is 10.1. The highest BCUT2D eigenvalue weighted by molar-refractivity contribution is 5.51. The molecule has 0 aliphatic heterocycles. The van der Waals surface area contributed by atoms with Crippen molar-refractivity contribution in [3.63, 3.8) is 0 Å². The van der Waals surface area contributed by atoms with Crippen molar-refractivity contribution in [2.24, 2.45) is 0 Å². The molecule has 0 spiro atoms. The maximum atomic E-state index is 4.44. The number of aryl methyl sites for hydroxylation is 1. The Balaban J connectivity index is 1.45. The van der Waals surface area contributed by atoms with Crippen LogP contribution in [0.4, 0.5) is 0 Å². The summed E-state index contributed by atoms with van der Waals surface area (Å²) in [6, 6.07) is 3.82. The van der Waals surface area contributed by atoms with Gasteiger partial charge in [-0.25, -0.2) is 0 Å². The van der Waals surface area contributed by atoms with E-state index < -0.39 is 0 Å². The zero-order valence-corrected chi connectivity index (χ0v) is 15.7. The van der Waals surface area contributed by atoms with E-state index in [2.05, 4.69) is 27.3 Å². The zero-order chi connectivity index (χ0) is 17.6. The van der Waals surface area contributed by atoms with Gasteiger partial charge in [-0.3, -0.25) is 4.98 Å². The molecule has 0 amide bonds. The highest BCUT2D eigenvalue weighted by Gasteiger charge is 2.04. The van der Waals surface area contributed by atoms with E-state index in [0.717, 1.165) is 18.5 Å². The van der Waals surface area contributed by atoms with Crippen molar-refractivity contribution in [2.45, 2.75) is 90.5 Å². The minimum absolute atomic E-state index is 0.682. The molecule has 2 rings (SSSR count). The average Bonchev–Trinajstić information content (AvgIpc) is 3.12. The van der Waals surface area contributed by atoms with Crippen molar-refractivity contribution in [3.05, 3.63) is 24.5 Å². The van der Waals surface area contributed by atoms with Gasteiger partial charge < -0.3 is 0 Å². The van der Waals surface area contributed by atoms with Crippen LogP contribution in [-0.4, -0.2) is 25.2 Å². The van der Waals surface area contributed by atoms with Gasteiger partial charge in [0.05, 0.1) is 6.54 Å². The molecule has 0 fully saturated rings. The van der Waals surface area contributed by atoms with E-state index in [-0.39, 0.29) is 0 Å². The smallest absolute Gasteiger partial charge is 0.205 e. The van der Waals surface area contributed by atoms with Crippen LogP contribution >= 0.6 is 0 Å². The topological polar surface area (TPSA) is 56.5 Å². The lowest BCUT2D eigenvalue weighted by Gasteiger charge is -2.02. The number of pyridine rings is 1. The summed E-state index contributed by atoms with van der Waals surface area (Å²) < 4.78 is 0. The van der Waals surface area contributed by atoms with Crippen molar-refractivity contribution in [1.82, 2.24) is 25.2 Å². The maximum Gasteiger partial charge on any atom is 0.205 e. The monoisotopic (exact) mass is 343 g/mol. The third kappa shape index (κ3) is 8.23. The van der Waals surface area contributed by atoms with Gasteiger partial charge in [0.15, 0.2) is 0 Å². The quantitative estimate of drug-likeness (QED) is 0.429. The first-order valence-corrected chi connectivity index (χ1v) is 10.1. The maximum absolute atomic E-state index is 4.44. The van der Waals surface area contributed by atoms with Crippen molar-refractivity contribution < 1.29 is 0 Å². The van der Waals surface area contributed by atoms with Gasteiger partial charge in [-0.15, -0.1) is 10.2 Å². The molecule has 2 aromatic rings. The first-order chi connectivity index (χ1) is 12.4. The Hall–Kier alpha value is -1.78. The normalized spacial score (nSPS) is 11.1. The Morgan fingerprint density at radius 2 is 1.32 bits per heavy atom. The number of hydrogen-bond acceptors (Lipinski definition) is 4. The van der Waals surface area contributed by atoms with Crippen LogP contribution in [0.5, 0.6) is 0 Å². The van der Waals surface area contributed by atoms with Crippen LogP contribution in [0.3, 0.4) is 0 Å². The summed E-state index contributed by atoms with van der Waals surface area (Å²) in [5, 5.41) is 12.7. The van der Waals surface area contributed by atoms with E-state index >= 15 is 0 Å². The van der Waals surface area contributed by atoms with E-state index in [4.69, 9.17) is 0 Å². The first-order valence-electron chi connectivity index (χ1n) is 10.1. The van der Waals surface area contributed by atoms with Gasteiger partial charge in [-0.2, -0.15) is 4.80 Å². The third-order valence-corrected chi connectivity index (χ3v) is 4.60. The van der Waals surface area contributed by atoms with Gasteiger partial charge in [0.2, 0.25) is 5.82 Å². The van der Waals surface area contributed by atoms with E-state index in [0.29, 0.717) is 5.82 Å². The molecule has 0 saturated carbocycles. The largest absolute Gasteiger partial charge is 0.265 e. The molecule has 0 aliphatic carbocycles. The summed E-state index contributed by atoms with van der Waals surface area (Å²) in [7, 11) is 0. The molecule has 5 heteroatoms. The van der Waals surface area contributed by atoms with Crippen LogP contribution in [-0.2, 0) is 6.54 Å². The second-order valence-electron chi connectivity index (χ2n) is 6.83. The molecule has 0 radical (unpaired) electrons. The summed E-state index contributed by atoms with van der Waals surface area (Å²) in [5.74, 6) is 0.682. The first kappa shape index (κ1) is 19.5. The minimum atomic E-state index is 0.682. The predicted molar refractivity (Wildman–Crippen MR) is 102 cm³/mol. The molecule has 0 atom stereocenters. The van der Waals surface area contributed by atoms with Crippen molar-refractivity contribution in [3.8, 4) is 11.4 Å². The highest BCUT2D eigenvalue weighted by Crippen LogP contribution is 2.13. The lowest BCUT2D eigenvalue weighted by molar-refractivity contribution is 0.471. The minimum Gasteiger partial charge on any atom is -0.265 e. The predicted octanol–water partition coefficient (Wildman–Crippen LogP) is 5.44. The molecule has 0 bridgehead atoms. The summed E-state index contributed by atoms with van der Waals surface area (Å²) >= 11 is 0. The Bertz CT molecular complexity index is 552. The Morgan fingerprint density at radius 1 is 0.760 bits per heavy atom. The standard InChI is InChI=1S/C20H33N5/c1-2-3-4-5-6-7-8-9-10-11-12-13-18-25-23-20(22-24-25)19-14-16-21-17-15-19/h14-17H,2-13,18H2,1H3. The molecule has 0 N–H and O–H groups in total. The number of hydrogen-bond donors (Lipinski definition) is 0. The molecule has 0 saturated heterocycles. The number of nitrogens with zero attached hydrogens (tertiary/aromatic N) is 5. The third-order valence-electron chi connectivity index (χ3n) is 4.60. The summed E-state index contributed by atoms with van der Waals surface area (Å²) in [6.07, 6.45) is 19.8. The van der Waals surface area contributed by atoms with E-state index in [9.17, 15) is 0 Å². The SMILES string of the molecule is CCCCCCCCCCCCCCn1nnc(-c2ccncc2)n1. The van der Waals surface area contributed by atoms with Gasteiger partial charge in [-0.1, -0.05) is 77.6 Å².